The first-order valence-electron chi connectivity index (χ1n) is 18.7. The summed E-state index contributed by atoms with van der Waals surface area (Å²) >= 11 is -5.72. The molecule has 11 rings (SSSR count). The molecule has 7 aromatic rings. The van der Waals surface area contributed by atoms with Gasteiger partial charge in [0.2, 0.25) is 0 Å². The van der Waals surface area contributed by atoms with Gasteiger partial charge in [-0.05, 0) is 0 Å². The SMILES string of the molecule is CC1=Cc2[c]([Zr]([CH3])([CH3])([CH3])(=[SiH2])([c]3ccccc3)[c]3cc4c(c5c3C=C(C)C5)-c3cccc5cccc-4c35)cc3c(c2C1)-c1cccc2cccc-3c12. The van der Waals surface area contributed by atoms with Crippen molar-refractivity contribution < 1.29 is 14.4 Å². The summed E-state index contributed by atoms with van der Waals surface area (Å²) in [6.45, 7) is 7.11. The topological polar surface area (TPSA) is 0 Å². The molecule has 0 N–H and O–H groups in total. The predicted molar refractivity (Wildman–Crippen MR) is 223 cm³/mol. The van der Waals surface area contributed by atoms with E-state index in [-0.39, 0.29) is 0 Å². The monoisotopic (exact) mass is 748 g/mol. The molecule has 0 aliphatic heterocycles. The average molecular weight is 750 g/mol. The van der Waals surface area contributed by atoms with Crippen molar-refractivity contribution in [3.63, 3.8) is 0 Å². The van der Waals surface area contributed by atoms with Crippen LogP contribution in [0.15, 0.2) is 126 Å². The van der Waals surface area contributed by atoms with Crippen LogP contribution in [-0.4, -0.2) is 6.88 Å². The molecule has 0 bridgehead atoms. The second kappa shape index (κ2) is 8.63. The van der Waals surface area contributed by atoms with E-state index in [0.717, 1.165) is 12.8 Å². The summed E-state index contributed by atoms with van der Waals surface area (Å²) < 4.78 is 13.0. The maximum absolute atomic E-state index is 5.72. The Morgan fingerprint density at radius 2 is 0.882 bits per heavy atom. The van der Waals surface area contributed by atoms with Gasteiger partial charge in [-0.2, -0.15) is 0 Å². The quantitative estimate of drug-likeness (QED) is 0.158. The van der Waals surface area contributed by atoms with E-state index in [2.05, 4.69) is 162 Å². The molecule has 51 heavy (non-hydrogen) atoms. The van der Waals surface area contributed by atoms with Crippen LogP contribution < -0.4 is 9.81 Å². The molecule has 0 saturated heterocycles. The fourth-order valence-corrected chi connectivity index (χ4v) is 34.4. The van der Waals surface area contributed by atoms with Crippen molar-refractivity contribution >= 4 is 50.4 Å². The molecule has 0 radical (unpaired) electrons. The molecule has 0 heterocycles. The number of hydrogen-bond acceptors (Lipinski definition) is 0. The van der Waals surface area contributed by atoms with Gasteiger partial charge in [0.15, 0.2) is 0 Å². The minimum atomic E-state index is -5.72. The van der Waals surface area contributed by atoms with Crippen LogP contribution in [0.25, 0.3) is 78.2 Å². The molecule has 0 fully saturated rings. The summed E-state index contributed by atoms with van der Waals surface area (Å²) in [5.74, 6) is 0. The van der Waals surface area contributed by atoms with Crippen LogP contribution in [0.2, 0.25) is 13.9 Å². The minimum absolute atomic E-state index is 1.00. The summed E-state index contributed by atoms with van der Waals surface area (Å²) in [4.78, 5) is 0. The average Bonchev–Trinajstić information content (AvgIpc) is 3.86. The van der Waals surface area contributed by atoms with Gasteiger partial charge in [-0.3, -0.25) is 0 Å². The molecule has 7 aromatic carbocycles. The molecule has 4 aliphatic rings. The second-order valence-corrected chi connectivity index (χ2v) is 70.3. The molecule has 0 unspecified atom stereocenters. The Hall–Kier alpha value is -4.36. The number of hydrogen-bond donors (Lipinski definition) is 0. The van der Waals surface area contributed by atoms with Crippen molar-refractivity contribution in [2.24, 2.45) is 0 Å². The van der Waals surface area contributed by atoms with Crippen LogP contribution in [-0.2, 0) is 27.3 Å². The third-order valence-electron chi connectivity index (χ3n) is 14.2. The second-order valence-electron chi connectivity index (χ2n) is 19.3. The normalized spacial score (nSPS) is 16.8. The van der Waals surface area contributed by atoms with E-state index >= 15 is 0 Å². The molecular formula is C49H42SiZr. The molecule has 246 valence electrons. The zero-order valence-corrected chi connectivity index (χ0v) is 34.1. The molecule has 2 heteroatoms. The summed E-state index contributed by atoms with van der Waals surface area (Å²) in [7, 11) is 0. The van der Waals surface area contributed by atoms with E-state index in [1.54, 1.807) is 6.54 Å². The Morgan fingerprint density at radius 3 is 1.31 bits per heavy atom. The van der Waals surface area contributed by atoms with E-state index in [1.165, 1.54) is 103 Å². The summed E-state index contributed by atoms with van der Waals surface area (Å²) in [6, 6.07) is 44.9. The molecule has 0 atom stereocenters. The van der Waals surface area contributed by atoms with Gasteiger partial charge in [-0.1, -0.05) is 0 Å². The molecule has 0 aromatic heterocycles. The van der Waals surface area contributed by atoms with Gasteiger partial charge in [0.25, 0.3) is 0 Å². The van der Waals surface area contributed by atoms with Crippen LogP contribution in [0.3, 0.4) is 0 Å². The Labute approximate surface area is 296 Å². The summed E-state index contributed by atoms with van der Waals surface area (Å²) in [6.07, 6.45) is 7.14. The number of fused-ring (bicyclic) bond motifs is 10. The first-order valence-corrected chi connectivity index (χ1v) is 35.7. The van der Waals surface area contributed by atoms with Gasteiger partial charge in [-0.15, -0.1) is 0 Å². The first-order chi connectivity index (χ1) is 24.3. The molecule has 0 spiro atoms. The van der Waals surface area contributed by atoms with Crippen LogP contribution in [0, 0.1) is 0 Å². The van der Waals surface area contributed by atoms with Gasteiger partial charge < -0.3 is 0 Å². The molecule has 0 amide bonds. The molecule has 4 aliphatic carbocycles. The van der Waals surface area contributed by atoms with Crippen LogP contribution in [0.5, 0.6) is 0 Å². The number of rotatable bonds is 3. The molecular weight excluding hydrogens is 708 g/mol. The number of benzene rings is 7. The standard InChI is InChI=1S/2C20H13.C6H5.3CH3.H2Si.Zr/c2*1-12-10-14-8-9-16-15-6-2-4-13-5-3-7-17(19(13)15)20(16)18(14)11-12;1-2-4-6-5-3-1;;;;;/h2*2-7,9-10H,11H2,1H3;1-5H;3*1H3;1H2;. The summed E-state index contributed by atoms with van der Waals surface area (Å²) in [5, 5.41) is 5.50. The third-order valence-corrected chi connectivity index (χ3v) is 43.2. The van der Waals surface area contributed by atoms with Crippen molar-refractivity contribution in [3.05, 3.63) is 149 Å². The molecule has 0 saturated carbocycles. The Balaban J connectivity index is 1.37. The number of allylic oxidation sites excluding steroid dienone is 2. The zero-order chi connectivity index (χ0) is 34.8. The third kappa shape index (κ3) is 3.41. The predicted octanol–water partition coefficient (Wildman–Crippen LogP) is 10.9. The van der Waals surface area contributed by atoms with E-state index in [4.69, 9.17) is 0 Å². The fraction of sp³-hybridized carbons (Fsp3) is 0.143. The van der Waals surface area contributed by atoms with Crippen LogP contribution in [0.1, 0.15) is 36.1 Å². The Morgan fingerprint density at radius 1 is 0.471 bits per heavy atom. The van der Waals surface area contributed by atoms with Crippen LogP contribution >= 0.6 is 0 Å². The zero-order valence-electron chi connectivity index (χ0n) is 30.2. The van der Waals surface area contributed by atoms with Crippen molar-refractivity contribution in [3.8, 4) is 44.5 Å². The first kappa shape index (κ1) is 30.3. The van der Waals surface area contributed by atoms with Gasteiger partial charge in [-0.25, -0.2) is 0 Å². The maximum atomic E-state index is 2.78. The van der Waals surface area contributed by atoms with Crippen molar-refractivity contribution in [2.75, 3.05) is 0 Å². The Kier molecular flexibility index (Phi) is 5.13. The van der Waals surface area contributed by atoms with Gasteiger partial charge in [0, 0.05) is 0 Å². The van der Waals surface area contributed by atoms with E-state index in [0.29, 0.717) is 0 Å². The van der Waals surface area contributed by atoms with E-state index < -0.39 is 14.4 Å². The van der Waals surface area contributed by atoms with Gasteiger partial charge in [0.1, 0.15) is 0 Å². The van der Waals surface area contributed by atoms with Crippen molar-refractivity contribution in [1.82, 2.24) is 0 Å². The van der Waals surface area contributed by atoms with Crippen molar-refractivity contribution in [1.29, 1.82) is 0 Å². The van der Waals surface area contributed by atoms with Crippen LogP contribution in [0.4, 0.5) is 0 Å². The molecule has 0 nitrogen and oxygen atoms in total. The Bertz CT molecular complexity index is 2870. The fourth-order valence-electron chi connectivity index (χ4n) is 11.6. The summed E-state index contributed by atoms with van der Waals surface area (Å²) in [5.41, 5.74) is 20.3. The van der Waals surface area contributed by atoms with Gasteiger partial charge >= 0.3 is 299 Å². The van der Waals surface area contributed by atoms with Gasteiger partial charge in [0.05, 0.1) is 0 Å². The van der Waals surface area contributed by atoms with E-state index in [9.17, 15) is 0 Å². The van der Waals surface area contributed by atoms with Crippen molar-refractivity contribution in [2.45, 2.75) is 40.6 Å². The van der Waals surface area contributed by atoms with E-state index in [1.807, 2.05) is 0 Å².